The van der Waals surface area contributed by atoms with Crippen LogP contribution in [0.15, 0.2) is 11.6 Å². The van der Waals surface area contributed by atoms with Crippen molar-refractivity contribution in [3.63, 3.8) is 0 Å². The molecule has 0 saturated carbocycles. The number of hydrogen-bond acceptors (Lipinski definition) is 4. The number of carbonyl (C=O) groups is 2. The van der Waals surface area contributed by atoms with Crippen molar-refractivity contribution >= 4 is 11.9 Å². The van der Waals surface area contributed by atoms with E-state index in [0.29, 0.717) is 31.6 Å². The van der Waals surface area contributed by atoms with Gasteiger partial charge in [0, 0.05) is 5.57 Å². The lowest BCUT2D eigenvalue weighted by Gasteiger charge is -2.21. The van der Waals surface area contributed by atoms with Gasteiger partial charge in [-0.3, -0.25) is 4.79 Å². The molecule has 18 heavy (non-hydrogen) atoms. The quantitative estimate of drug-likeness (QED) is 0.684. The van der Waals surface area contributed by atoms with E-state index in [9.17, 15) is 9.59 Å². The summed E-state index contributed by atoms with van der Waals surface area (Å²) in [6.07, 6.45) is 4.37. The zero-order valence-electron chi connectivity index (χ0n) is 11.5. The lowest BCUT2D eigenvalue weighted by Crippen LogP contribution is -2.28. The van der Waals surface area contributed by atoms with Crippen LogP contribution < -0.4 is 0 Å². The monoisotopic (exact) mass is 254 g/mol. The molecular formula is C14H22O4. The van der Waals surface area contributed by atoms with E-state index in [-0.39, 0.29) is 11.9 Å². The van der Waals surface area contributed by atoms with Crippen LogP contribution in [0.4, 0.5) is 0 Å². The SMILES string of the molecule is CCCOC(=O)C1=CCC(C)(C(=O)OCCC)C1. The van der Waals surface area contributed by atoms with Gasteiger partial charge in [0.25, 0.3) is 0 Å². The van der Waals surface area contributed by atoms with Crippen LogP contribution >= 0.6 is 0 Å². The van der Waals surface area contributed by atoms with E-state index in [4.69, 9.17) is 9.47 Å². The average molecular weight is 254 g/mol. The second kappa shape index (κ2) is 6.57. The van der Waals surface area contributed by atoms with Gasteiger partial charge in [-0.05, 0) is 32.6 Å². The Bertz CT molecular complexity index is 346. The first kappa shape index (κ1) is 14.7. The Balaban J connectivity index is 2.51. The van der Waals surface area contributed by atoms with E-state index >= 15 is 0 Å². The largest absolute Gasteiger partial charge is 0.465 e. The fraction of sp³-hybridized carbons (Fsp3) is 0.714. The van der Waals surface area contributed by atoms with Crippen LogP contribution in [0.1, 0.15) is 46.5 Å². The fourth-order valence-corrected chi connectivity index (χ4v) is 1.88. The smallest absolute Gasteiger partial charge is 0.333 e. The van der Waals surface area contributed by atoms with Crippen molar-refractivity contribution in [1.29, 1.82) is 0 Å². The van der Waals surface area contributed by atoms with E-state index in [1.54, 1.807) is 6.08 Å². The van der Waals surface area contributed by atoms with Gasteiger partial charge >= 0.3 is 11.9 Å². The maximum atomic E-state index is 11.9. The minimum atomic E-state index is -0.601. The molecule has 1 rings (SSSR count). The summed E-state index contributed by atoms with van der Waals surface area (Å²) in [6, 6.07) is 0. The van der Waals surface area contributed by atoms with Crippen molar-refractivity contribution < 1.29 is 19.1 Å². The summed E-state index contributed by atoms with van der Waals surface area (Å²) in [7, 11) is 0. The number of hydrogen-bond donors (Lipinski definition) is 0. The molecule has 0 N–H and O–H groups in total. The summed E-state index contributed by atoms with van der Waals surface area (Å²) in [5, 5.41) is 0. The first-order chi connectivity index (χ1) is 8.53. The highest BCUT2D eigenvalue weighted by Crippen LogP contribution is 2.38. The third kappa shape index (κ3) is 3.59. The van der Waals surface area contributed by atoms with E-state index in [2.05, 4.69) is 0 Å². The highest BCUT2D eigenvalue weighted by Gasteiger charge is 2.40. The molecule has 0 aromatic rings. The maximum absolute atomic E-state index is 11.9. The summed E-state index contributed by atoms with van der Waals surface area (Å²) in [4.78, 5) is 23.6. The zero-order valence-corrected chi connectivity index (χ0v) is 11.5. The molecule has 1 atom stereocenters. The molecule has 0 amide bonds. The molecule has 0 spiro atoms. The summed E-state index contributed by atoms with van der Waals surface area (Å²) >= 11 is 0. The first-order valence-electron chi connectivity index (χ1n) is 6.57. The fourth-order valence-electron chi connectivity index (χ4n) is 1.88. The Hall–Kier alpha value is -1.32. The van der Waals surface area contributed by atoms with Gasteiger partial charge in [0.15, 0.2) is 0 Å². The Morgan fingerprint density at radius 1 is 1.22 bits per heavy atom. The lowest BCUT2D eigenvalue weighted by atomic mass is 9.87. The van der Waals surface area contributed by atoms with Gasteiger partial charge in [-0.15, -0.1) is 0 Å². The van der Waals surface area contributed by atoms with Gasteiger partial charge in [-0.25, -0.2) is 4.79 Å². The molecule has 0 bridgehead atoms. The molecule has 0 aromatic heterocycles. The molecule has 0 heterocycles. The predicted molar refractivity (Wildman–Crippen MR) is 67.9 cm³/mol. The third-order valence-corrected chi connectivity index (χ3v) is 3.01. The third-order valence-electron chi connectivity index (χ3n) is 3.01. The predicted octanol–water partition coefficient (Wildman–Crippen LogP) is 2.62. The normalized spacial score (nSPS) is 22.5. The summed E-state index contributed by atoms with van der Waals surface area (Å²) in [5.74, 6) is -0.525. The topological polar surface area (TPSA) is 52.6 Å². The zero-order chi connectivity index (χ0) is 13.6. The highest BCUT2D eigenvalue weighted by atomic mass is 16.5. The summed E-state index contributed by atoms with van der Waals surface area (Å²) in [5.41, 5.74) is -0.00479. The van der Waals surface area contributed by atoms with Gasteiger partial charge < -0.3 is 9.47 Å². The highest BCUT2D eigenvalue weighted by molar-refractivity contribution is 5.91. The van der Waals surface area contributed by atoms with E-state index in [0.717, 1.165) is 12.8 Å². The Morgan fingerprint density at radius 3 is 2.44 bits per heavy atom. The van der Waals surface area contributed by atoms with Crippen molar-refractivity contribution in [3.05, 3.63) is 11.6 Å². The summed E-state index contributed by atoms with van der Waals surface area (Å²) < 4.78 is 10.2. The minimum Gasteiger partial charge on any atom is -0.465 e. The molecule has 0 radical (unpaired) electrons. The molecular weight excluding hydrogens is 232 g/mol. The van der Waals surface area contributed by atoms with Crippen molar-refractivity contribution in [1.82, 2.24) is 0 Å². The molecule has 4 heteroatoms. The standard InChI is InChI=1S/C14H22O4/c1-4-8-17-12(15)11-6-7-14(3,10-11)13(16)18-9-5-2/h6H,4-5,7-10H2,1-3H3. The molecule has 0 saturated heterocycles. The van der Waals surface area contributed by atoms with Crippen LogP contribution in [0.2, 0.25) is 0 Å². The van der Waals surface area contributed by atoms with Crippen molar-refractivity contribution in [2.24, 2.45) is 5.41 Å². The minimum absolute atomic E-state index is 0.223. The van der Waals surface area contributed by atoms with Crippen LogP contribution in [-0.4, -0.2) is 25.2 Å². The summed E-state index contributed by atoms with van der Waals surface area (Å²) in [6.45, 7) is 6.59. The van der Waals surface area contributed by atoms with E-state index < -0.39 is 5.41 Å². The van der Waals surface area contributed by atoms with E-state index in [1.165, 1.54) is 0 Å². The number of allylic oxidation sites excluding steroid dienone is 1. The number of ether oxygens (including phenoxy) is 2. The van der Waals surface area contributed by atoms with Crippen molar-refractivity contribution in [2.75, 3.05) is 13.2 Å². The molecule has 1 aliphatic carbocycles. The molecule has 4 nitrogen and oxygen atoms in total. The molecule has 0 aliphatic heterocycles. The number of rotatable bonds is 6. The second-order valence-corrected chi connectivity index (χ2v) is 4.94. The Kier molecular flexibility index (Phi) is 5.38. The van der Waals surface area contributed by atoms with Gasteiger partial charge in [0.05, 0.1) is 18.6 Å². The van der Waals surface area contributed by atoms with Crippen LogP contribution in [0.3, 0.4) is 0 Å². The van der Waals surface area contributed by atoms with Crippen LogP contribution in [0.5, 0.6) is 0 Å². The van der Waals surface area contributed by atoms with Crippen molar-refractivity contribution in [3.8, 4) is 0 Å². The number of carbonyl (C=O) groups excluding carboxylic acids is 2. The maximum Gasteiger partial charge on any atom is 0.333 e. The second-order valence-electron chi connectivity index (χ2n) is 4.94. The van der Waals surface area contributed by atoms with Gasteiger partial charge in [-0.2, -0.15) is 0 Å². The molecule has 1 unspecified atom stereocenters. The molecule has 0 aromatic carbocycles. The number of esters is 2. The van der Waals surface area contributed by atoms with Crippen molar-refractivity contribution in [2.45, 2.75) is 46.5 Å². The average Bonchev–Trinajstić information content (AvgIpc) is 2.77. The lowest BCUT2D eigenvalue weighted by molar-refractivity contribution is -0.154. The Morgan fingerprint density at radius 2 is 1.83 bits per heavy atom. The van der Waals surface area contributed by atoms with Crippen LogP contribution in [-0.2, 0) is 19.1 Å². The van der Waals surface area contributed by atoms with Gasteiger partial charge in [-0.1, -0.05) is 19.9 Å². The molecule has 1 aliphatic rings. The van der Waals surface area contributed by atoms with Crippen LogP contribution in [0, 0.1) is 5.41 Å². The molecule has 102 valence electrons. The van der Waals surface area contributed by atoms with Gasteiger partial charge in [0.1, 0.15) is 0 Å². The molecule has 0 fully saturated rings. The van der Waals surface area contributed by atoms with Crippen LogP contribution in [0.25, 0.3) is 0 Å². The first-order valence-corrected chi connectivity index (χ1v) is 6.57. The van der Waals surface area contributed by atoms with E-state index in [1.807, 2.05) is 20.8 Å². The Labute approximate surface area is 108 Å². The van der Waals surface area contributed by atoms with Gasteiger partial charge in [0.2, 0.25) is 0 Å².